The summed E-state index contributed by atoms with van der Waals surface area (Å²) in [4.78, 5) is 26.5. The number of carbonyl (C=O) groups excluding carboxylic acids is 2. The van der Waals surface area contributed by atoms with E-state index in [1.54, 1.807) is 19.2 Å². The van der Waals surface area contributed by atoms with Gasteiger partial charge in [0.2, 0.25) is 0 Å². The largest absolute Gasteiger partial charge is 0.462 e. The summed E-state index contributed by atoms with van der Waals surface area (Å²) in [5, 5.41) is 15.6. The monoisotopic (exact) mass is 437 g/mol. The summed E-state index contributed by atoms with van der Waals surface area (Å²) < 4.78 is 9.02. The Hall–Kier alpha value is -2.37. The predicted molar refractivity (Wildman–Crippen MR) is 113 cm³/mol. The van der Waals surface area contributed by atoms with E-state index in [1.807, 2.05) is 13.8 Å². The lowest BCUT2D eigenvalue weighted by molar-refractivity contribution is -0.113. The van der Waals surface area contributed by atoms with Crippen molar-refractivity contribution in [1.82, 2.24) is 20.2 Å². The lowest BCUT2D eigenvalue weighted by Crippen LogP contribution is -2.45. The normalized spacial score (nSPS) is 16.4. The number of rotatable bonds is 5. The van der Waals surface area contributed by atoms with Gasteiger partial charge < -0.3 is 20.7 Å². The van der Waals surface area contributed by atoms with Crippen LogP contribution in [0.1, 0.15) is 46.4 Å². The maximum atomic E-state index is 13.2. The van der Waals surface area contributed by atoms with E-state index < -0.39 is 12.0 Å². The van der Waals surface area contributed by atoms with Crippen LogP contribution in [0.5, 0.6) is 0 Å². The second kappa shape index (κ2) is 8.33. The molecule has 1 unspecified atom stereocenters. The Labute approximate surface area is 175 Å². The van der Waals surface area contributed by atoms with E-state index in [2.05, 4.69) is 25.5 Å². The van der Waals surface area contributed by atoms with Crippen LogP contribution in [0.4, 0.5) is 5.00 Å². The number of nitrogens with zero attached hydrogens (tertiary/aromatic N) is 2. The number of thiocarbonyl (C=S) groups is 1. The number of aromatic nitrogens is 2. The molecule has 0 fully saturated rings. The van der Waals surface area contributed by atoms with Crippen LogP contribution in [-0.4, -0.2) is 33.2 Å². The van der Waals surface area contributed by atoms with Crippen LogP contribution in [0.15, 0.2) is 16.7 Å². The number of nitrogens with one attached hydrogen (secondary N) is 3. The van der Waals surface area contributed by atoms with E-state index in [1.165, 1.54) is 22.9 Å². The highest BCUT2D eigenvalue weighted by Gasteiger charge is 2.33. The molecule has 148 valence electrons. The Morgan fingerprint density at radius 3 is 2.75 bits per heavy atom. The molecule has 0 aliphatic carbocycles. The van der Waals surface area contributed by atoms with Gasteiger partial charge in [0.25, 0.3) is 5.91 Å². The van der Waals surface area contributed by atoms with Gasteiger partial charge in [0, 0.05) is 16.0 Å². The van der Waals surface area contributed by atoms with Crippen LogP contribution in [0.25, 0.3) is 0 Å². The lowest BCUT2D eigenvalue weighted by Gasteiger charge is -2.28. The average molecular weight is 438 g/mol. The Balaban J connectivity index is 1.96. The first-order valence-corrected chi connectivity index (χ1v) is 10.5. The zero-order valence-corrected chi connectivity index (χ0v) is 18.2. The summed E-state index contributed by atoms with van der Waals surface area (Å²) >= 11 is 7.75. The summed E-state index contributed by atoms with van der Waals surface area (Å²) in [6, 6.07) is -0.527. The smallest absolute Gasteiger partial charge is 0.341 e. The van der Waals surface area contributed by atoms with Gasteiger partial charge in [-0.1, -0.05) is 4.49 Å². The highest BCUT2D eigenvalue weighted by molar-refractivity contribution is 7.80. The molecule has 0 spiro atoms. The van der Waals surface area contributed by atoms with Crippen molar-refractivity contribution < 1.29 is 14.3 Å². The maximum absolute atomic E-state index is 13.2. The molecule has 3 N–H and O–H groups in total. The Morgan fingerprint density at radius 2 is 2.11 bits per heavy atom. The van der Waals surface area contributed by atoms with E-state index >= 15 is 0 Å². The third-order valence-electron chi connectivity index (χ3n) is 4.28. The Bertz CT molecular complexity index is 965. The standard InChI is InChI=1S/C17H19N5O3S3/c1-5-25-16(24)11-7(2)9(4)28-15(11)20-14(23)12-8(3)18-17(26)19-13(12)10-6-27-22-21-10/h6,13H,5H2,1-4H3,(H,20,23)(H2,18,19,26). The molecular weight excluding hydrogens is 418 g/mol. The lowest BCUT2D eigenvalue weighted by atomic mass is 10.00. The van der Waals surface area contributed by atoms with Crippen LogP contribution in [0.2, 0.25) is 0 Å². The van der Waals surface area contributed by atoms with Gasteiger partial charge in [-0.2, -0.15) is 0 Å². The van der Waals surface area contributed by atoms with Gasteiger partial charge in [-0.25, -0.2) is 4.79 Å². The molecule has 1 atom stereocenters. The van der Waals surface area contributed by atoms with E-state index in [9.17, 15) is 9.59 Å². The van der Waals surface area contributed by atoms with Crippen LogP contribution in [0, 0.1) is 13.8 Å². The fraction of sp³-hybridized carbons (Fsp3) is 0.353. The minimum Gasteiger partial charge on any atom is -0.462 e. The molecule has 3 rings (SSSR count). The van der Waals surface area contributed by atoms with Gasteiger partial charge in [-0.15, -0.1) is 16.4 Å². The molecule has 0 saturated heterocycles. The highest BCUT2D eigenvalue weighted by atomic mass is 32.1. The molecule has 0 bridgehead atoms. The van der Waals surface area contributed by atoms with Crippen LogP contribution in [-0.2, 0) is 9.53 Å². The van der Waals surface area contributed by atoms with Crippen LogP contribution in [0.3, 0.4) is 0 Å². The fourth-order valence-electron chi connectivity index (χ4n) is 2.85. The number of hydrogen-bond donors (Lipinski definition) is 3. The highest BCUT2D eigenvalue weighted by Crippen LogP contribution is 2.34. The first-order valence-electron chi connectivity index (χ1n) is 8.47. The maximum Gasteiger partial charge on any atom is 0.341 e. The predicted octanol–water partition coefficient (Wildman–Crippen LogP) is 2.82. The number of esters is 1. The number of carbonyl (C=O) groups is 2. The van der Waals surface area contributed by atoms with Gasteiger partial charge in [0.1, 0.15) is 16.7 Å². The minimum absolute atomic E-state index is 0.259. The third kappa shape index (κ3) is 3.91. The molecule has 3 heterocycles. The van der Waals surface area contributed by atoms with Gasteiger partial charge in [-0.3, -0.25) is 4.79 Å². The Morgan fingerprint density at radius 1 is 1.36 bits per heavy atom. The number of amides is 1. The average Bonchev–Trinajstić information content (AvgIpc) is 3.23. The molecular formula is C17H19N5O3S3. The van der Waals surface area contributed by atoms with Crippen molar-refractivity contribution in [2.45, 2.75) is 33.7 Å². The van der Waals surface area contributed by atoms with E-state index in [0.29, 0.717) is 32.6 Å². The fourth-order valence-corrected chi connectivity index (χ4v) is 4.64. The summed E-state index contributed by atoms with van der Waals surface area (Å²) in [6.07, 6.45) is 0. The SMILES string of the molecule is CCOC(=O)c1c(NC(=O)C2=C(C)NC(=S)NC2c2csnn2)sc(C)c1C. The number of hydrogen-bond acceptors (Lipinski definition) is 8. The van der Waals surface area contributed by atoms with Crippen LogP contribution < -0.4 is 16.0 Å². The summed E-state index contributed by atoms with van der Waals surface area (Å²) in [5.74, 6) is -0.809. The molecule has 28 heavy (non-hydrogen) atoms. The van der Waals surface area contributed by atoms with Crippen molar-refractivity contribution in [2.75, 3.05) is 11.9 Å². The first kappa shape index (κ1) is 20.4. The molecule has 2 aromatic rings. The van der Waals surface area contributed by atoms with E-state index in [0.717, 1.165) is 10.4 Å². The van der Waals surface area contributed by atoms with Gasteiger partial charge in [-0.05, 0) is 57.0 Å². The third-order valence-corrected chi connectivity index (χ3v) is 6.14. The molecule has 0 saturated carbocycles. The van der Waals surface area contributed by atoms with Crippen molar-refractivity contribution >= 4 is 57.1 Å². The number of allylic oxidation sites excluding steroid dienone is 1. The Kier molecular flexibility index (Phi) is 6.06. The topological polar surface area (TPSA) is 105 Å². The molecule has 0 radical (unpaired) electrons. The second-order valence-corrected chi connectivity index (χ2v) is 8.30. The molecule has 1 aliphatic rings. The van der Waals surface area contributed by atoms with Crippen molar-refractivity contribution in [3.63, 3.8) is 0 Å². The zero-order valence-electron chi connectivity index (χ0n) is 15.7. The summed E-state index contributed by atoms with van der Waals surface area (Å²) in [7, 11) is 0. The van der Waals surface area contributed by atoms with Crippen molar-refractivity contribution in [3.05, 3.63) is 38.3 Å². The van der Waals surface area contributed by atoms with Crippen molar-refractivity contribution in [2.24, 2.45) is 0 Å². The van der Waals surface area contributed by atoms with Gasteiger partial charge in [0.05, 0.1) is 17.7 Å². The van der Waals surface area contributed by atoms with Gasteiger partial charge in [0.15, 0.2) is 5.11 Å². The van der Waals surface area contributed by atoms with Gasteiger partial charge >= 0.3 is 5.97 Å². The quantitative estimate of drug-likeness (QED) is 0.484. The van der Waals surface area contributed by atoms with Crippen molar-refractivity contribution in [1.29, 1.82) is 0 Å². The number of thiophene rings is 1. The minimum atomic E-state index is -0.527. The zero-order chi connectivity index (χ0) is 20.4. The molecule has 0 aromatic carbocycles. The second-order valence-electron chi connectivity index (χ2n) is 6.06. The van der Waals surface area contributed by atoms with Crippen LogP contribution >= 0.6 is 35.1 Å². The first-order chi connectivity index (χ1) is 13.3. The summed E-state index contributed by atoms with van der Waals surface area (Å²) in [6.45, 7) is 7.51. The molecule has 8 nitrogen and oxygen atoms in total. The molecule has 1 aliphatic heterocycles. The number of anilines is 1. The molecule has 1 amide bonds. The van der Waals surface area contributed by atoms with Crippen molar-refractivity contribution in [3.8, 4) is 0 Å². The number of ether oxygens (including phenoxy) is 1. The molecule has 2 aromatic heterocycles. The number of aryl methyl sites for hydroxylation is 1. The van der Waals surface area contributed by atoms with E-state index in [-0.39, 0.29) is 12.5 Å². The summed E-state index contributed by atoms with van der Waals surface area (Å²) in [5.41, 5.74) is 2.82. The van der Waals surface area contributed by atoms with E-state index in [4.69, 9.17) is 17.0 Å². The molecule has 11 heteroatoms.